The van der Waals surface area contributed by atoms with Crippen molar-refractivity contribution < 1.29 is 27.5 Å². The van der Waals surface area contributed by atoms with Crippen LogP contribution in [0.25, 0.3) is 0 Å². The average molecular weight is 569 g/mol. The molecule has 3 aromatic heterocycles. The quantitative estimate of drug-likeness (QED) is 0.360. The molecule has 15 heteroatoms. The van der Waals surface area contributed by atoms with Gasteiger partial charge in [0.25, 0.3) is 11.8 Å². The highest BCUT2D eigenvalue weighted by molar-refractivity contribution is 5.91. The van der Waals surface area contributed by atoms with E-state index in [1.807, 2.05) is 0 Å². The number of anilines is 1. The van der Waals surface area contributed by atoms with E-state index >= 15 is 0 Å². The number of aromatic nitrogens is 6. The van der Waals surface area contributed by atoms with E-state index < -0.39 is 24.1 Å². The van der Waals surface area contributed by atoms with Gasteiger partial charge in [-0.2, -0.15) is 5.10 Å². The number of nitrogens with zero attached hydrogens (tertiary/aromatic N) is 6. The lowest BCUT2D eigenvalue weighted by molar-refractivity contribution is -0.134. The third-order valence-electron chi connectivity index (χ3n) is 5.76. The Bertz CT molecular complexity index is 1280. The summed E-state index contributed by atoms with van der Waals surface area (Å²) in [5, 5.41) is 20.5. The summed E-state index contributed by atoms with van der Waals surface area (Å²) in [6.45, 7) is 1.67. The van der Waals surface area contributed by atoms with Gasteiger partial charge in [0, 0.05) is 37.7 Å². The molecule has 0 spiro atoms. The van der Waals surface area contributed by atoms with Crippen LogP contribution >= 0.6 is 12.4 Å². The molecule has 1 atom stereocenters. The molecule has 0 aromatic carbocycles. The van der Waals surface area contributed by atoms with Crippen molar-refractivity contribution in [3.05, 3.63) is 53.2 Å². The Hall–Kier alpha value is -3.81. The summed E-state index contributed by atoms with van der Waals surface area (Å²) in [5.74, 6) is -2.86. The van der Waals surface area contributed by atoms with Crippen molar-refractivity contribution in [3.63, 3.8) is 0 Å². The van der Waals surface area contributed by atoms with Crippen molar-refractivity contribution >= 4 is 30.0 Å². The second-order valence-corrected chi connectivity index (χ2v) is 9.12. The molecule has 1 aliphatic rings. The highest BCUT2D eigenvalue weighted by Crippen LogP contribution is 2.39. The molecule has 1 aliphatic carbocycles. The van der Waals surface area contributed by atoms with E-state index in [1.165, 1.54) is 17.9 Å². The van der Waals surface area contributed by atoms with Gasteiger partial charge in [-0.1, -0.05) is 5.21 Å². The van der Waals surface area contributed by atoms with Crippen LogP contribution in [0, 0.1) is 6.92 Å². The standard InChI is InChI=1S/C24H27F3N8O3.ClH/c1-14-7-18(38-19-10-24(26,27)11-19)8-17(29-14)9-22(36)30-21-6-5-16(31-33-21)4-3-15(25)12-35-13-20(32-34-35)23(37)28-2;/h5-8,13,15,19H,3-4,9-12H2,1-2H3,(H,28,37)(H,30,33,36);1H. The fourth-order valence-corrected chi connectivity index (χ4v) is 3.87. The molecule has 1 unspecified atom stereocenters. The lowest BCUT2D eigenvalue weighted by atomic mass is 9.91. The molecule has 0 aliphatic heterocycles. The van der Waals surface area contributed by atoms with Gasteiger partial charge in [0.1, 0.15) is 18.0 Å². The van der Waals surface area contributed by atoms with Crippen molar-refractivity contribution in [2.45, 2.75) is 63.8 Å². The Balaban J connectivity index is 0.00000420. The third kappa shape index (κ3) is 8.60. The normalized spacial score (nSPS) is 15.0. The Morgan fingerprint density at radius 3 is 2.62 bits per heavy atom. The Labute approximate surface area is 228 Å². The van der Waals surface area contributed by atoms with Gasteiger partial charge in [-0.25, -0.2) is 17.9 Å². The van der Waals surface area contributed by atoms with Crippen LogP contribution in [0.1, 0.15) is 46.8 Å². The molecule has 1 fully saturated rings. The molecule has 3 heterocycles. The highest BCUT2D eigenvalue weighted by Gasteiger charge is 2.47. The molecule has 1 saturated carbocycles. The highest BCUT2D eigenvalue weighted by atomic mass is 35.5. The van der Waals surface area contributed by atoms with Gasteiger partial charge in [0.2, 0.25) is 5.91 Å². The summed E-state index contributed by atoms with van der Waals surface area (Å²) in [6, 6.07) is 6.40. The number of hydrogen-bond acceptors (Lipinski definition) is 8. The van der Waals surface area contributed by atoms with Gasteiger partial charge < -0.3 is 15.4 Å². The summed E-state index contributed by atoms with van der Waals surface area (Å²) in [4.78, 5) is 28.3. The molecule has 0 bridgehead atoms. The zero-order valence-electron chi connectivity index (χ0n) is 21.2. The lowest BCUT2D eigenvalue weighted by Crippen LogP contribution is -2.43. The third-order valence-corrected chi connectivity index (χ3v) is 5.76. The maximum absolute atomic E-state index is 14.4. The molecule has 2 N–H and O–H groups in total. The predicted octanol–water partition coefficient (Wildman–Crippen LogP) is 2.88. The summed E-state index contributed by atoms with van der Waals surface area (Å²) in [6.07, 6.45) is -0.695. The second kappa shape index (κ2) is 12.8. The maximum atomic E-state index is 14.4. The van der Waals surface area contributed by atoms with E-state index in [0.717, 1.165) is 0 Å². The molecule has 210 valence electrons. The number of pyridine rings is 1. The average Bonchev–Trinajstić information content (AvgIpc) is 3.30. The summed E-state index contributed by atoms with van der Waals surface area (Å²) < 4.78 is 47.3. The molecule has 2 amide bonds. The van der Waals surface area contributed by atoms with E-state index in [9.17, 15) is 22.8 Å². The minimum absolute atomic E-state index is 0. The topological polar surface area (TPSA) is 137 Å². The minimum Gasteiger partial charge on any atom is -0.490 e. The number of halogens is 4. The summed E-state index contributed by atoms with van der Waals surface area (Å²) in [5.41, 5.74) is 1.68. The molecule has 3 aromatic rings. The number of carbonyl (C=O) groups is 2. The fraction of sp³-hybridized carbons (Fsp3) is 0.458. The van der Waals surface area contributed by atoms with Gasteiger partial charge >= 0.3 is 0 Å². The summed E-state index contributed by atoms with van der Waals surface area (Å²) >= 11 is 0. The first-order chi connectivity index (χ1) is 18.1. The van der Waals surface area contributed by atoms with Crippen molar-refractivity contribution in [1.82, 2.24) is 35.5 Å². The van der Waals surface area contributed by atoms with Gasteiger partial charge in [0.05, 0.1) is 30.6 Å². The number of ether oxygens (including phenoxy) is 1. The smallest absolute Gasteiger partial charge is 0.273 e. The van der Waals surface area contributed by atoms with Crippen LogP contribution < -0.4 is 15.4 Å². The van der Waals surface area contributed by atoms with E-state index in [-0.39, 0.29) is 62.1 Å². The van der Waals surface area contributed by atoms with Crippen LogP contribution in [0.5, 0.6) is 5.75 Å². The van der Waals surface area contributed by atoms with Gasteiger partial charge in [-0.3, -0.25) is 14.6 Å². The Kier molecular flexibility index (Phi) is 9.78. The van der Waals surface area contributed by atoms with Gasteiger partial charge in [-0.15, -0.1) is 22.6 Å². The fourth-order valence-electron chi connectivity index (χ4n) is 3.87. The zero-order valence-corrected chi connectivity index (χ0v) is 22.1. The molecule has 0 radical (unpaired) electrons. The lowest BCUT2D eigenvalue weighted by Gasteiger charge is -2.34. The summed E-state index contributed by atoms with van der Waals surface area (Å²) in [7, 11) is 1.47. The van der Waals surface area contributed by atoms with Gasteiger partial charge in [-0.05, 0) is 31.9 Å². The van der Waals surface area contributed by atoms with Crippen molar-refractivity contribution in [2.24, 2.45) is 0 Å². The van der Waals surface area contributed by atoms with Gasteiger partial charge in [0.15, 0.2) is 11.5 Å². The zero-order chi connectivity index (χ0) is 27.3. The largest absolute Gasteiger partial charge is 0.490 e. The first-order valence-electron chi connectivity index (χ1n) is 12.0. The Morgan fingerprint density at radius 1 is 1.18 bits per heavy atom. The van der Waals surface area contributed by atoms with Crippen LogP contribution in [0.15, 0.2) is 30.5 Å². The maximum Gasteiger partial charge on any atom is 0.273 e. The first kappa shape index (κ1) is 29.7. The monoisotopic (exact) mass is 568 g/mol. The number of rotatable bonds is 11. The number of hydrogen-bond donors (Lipinski definition) is 2. The van der Waals surface area contributed by atoms with Crippen LogP contribution in [0.4, 0.5) is 19.0 Å². The number of alkyl halides is 3. The predicted molar refractivity (Wildman–Crippen MR) is 136 cm³/mol. The minimum atomic E-state index is -2.68. The van der Waals surface area contributed by atoms with Crippen LogP contribution in [-0.2, 0) is 24.2 Å². The SMILES string of the molecule is CNC(=O)c1cn(CC(F)CCc2ccc(NC(=O)Cc3cc(OC4CC(F)(F)C4)cc(C)n3)nn2)nn1.Cl. The Morgan fingerprint density at radius 2 is 1.95 bits per heavy atom. The second-order valence-electron chi connectivity index (χ2n) is 9.12. The van der Waals surface area contributed by atoms with E-state index in [4.69, 9.17) is 4.74 Å². The van der Waals surface area contributed by atoms with E-state index in [1.54, 1.807) is 31.2 Å². The van der Waals surface area contributed by atoms with Crippen LogP contribution in [0.2, 0.25) is 0 Å². The van der Waals surface area contributed by atoms with Crippen molar-refractivity contribution in [1.29, 1.82) is 0 Å². The number of amides is 2. The first-order valence-corrected chi connectivity index (χ1v) is 12.0. The molecular formula is C24H28ClF3N8O3. The van der Waals surface area contributed by atoms with Crippen molar-refractivity contribution in [2.75, 3.05) is 12.4 Å². The molecule has 11 nitrogen and oxygen atoms in total. The number of nitrogens with one attached hydrogen (secondary N) is 2. The van der Waals surface area contributed by atoms with Crippen LogP contribution in [-0.4, -0.2) is 67.2 Å². The van der Waals surface area contributed by atoms with Crippen molar-refractivity contribution in [3.8, 4) is 5.75 Å². The number of carbonyl (C=O) groups excluding carboxylic acids is 2. The molecular weight excluding hydrogens is 541 g/mol. The van der Waals surface area contributed by atoms with E-state index in [2.05, 4.69) is 36.1 Å². The molecule has 4 rings (SSSR count). The molecule has 0 saturated heterocycles. The molecule has 39 heavy (non-hydrogen) atoms. The number of aryl methyl sites for hydroxylation is 2. The van der Waals surface area contributed by atoms with Crippen LogP contribution in [0.3, 0.4) is 0 Å². The van der Waals surface area contributed by atoms with E-state index in [0.29, 0.717) is 29.3 Å².